The third-order valence-corrected chi connectivity index (χ3v) is 3.77. The Morgan fingerprint density at radius 1 is 1.41 bits per heavy atom. The van der Waals surface area contributed by atoms with Crippen LogP contribution in [0.4, 0.5) is 0 Å². The molecular formula is C12H13BrN2OS. The predicted octanol–water partition coefficient (Wildman–Crippen LogP) is 3.21. The number of rotatable bonds is 4. The maximum Gasteiger partial charge on any atom is 0.129 e. The maximum atomic E-state index is 9.37. The molecule has 3 nitrogen and oxygen atoms in total. The van der Waals surface area contributed by atoms with Gasteiger partial charge in [0.05, 0.1) is 15.2 Å². The van der Waals surface area contributed by atoms with E-state index < -0.39 is 0 Å². The van der Waals surface area contributed by atoms with Crippen molar-refractivity contribution in [2.24, 2.45) is 0 Å². The number of benzene rings is 1. The summed E-state index contributed by atoms with van der Waals surface area (Å²) in [4.78, 5) is 4.38. The molecule has 2 N–H and O–H groups in total. The van der Waals surface area contributed by atoms with Gasteiger partial charge in [0.25, 0.3) is 0 Å². The summed E-state index contributed by atoms with van der Waals surface area (Å²) in [6.45, 7) is 3.53. The number of nitrogens with one attached hydrogen (secondary N) is 1. The second-order valence-corrected chi connectivity index (χ2v) is 5.66. The topological polar surface area (TPSA) is 45.2 Å². The van der Waals surface area contributed by atoms with E-state index in [-0.39, 0.29) is 5.75 Å². The number of aryl methyl sites for hydroxylation is 1. The van der Waals surface area contributed by atoms with Crippen molar-refractivity contribution in [3.8, 4) is 5.75 Å². The quantitative estimate of drug-likeness (QED) is 0.911. The maximum absolute atomic E-state index is 9.37. The van der Waals surface area contributed by atoms with E-state index in [2.05, 4.69) is 31.6 Å². The number of nitrogens with zero attached hydrogens (tertiary/aromatic N) is 1. The third-order valence-electron chi connectivity index (χ3n) is 2.31. The fourth-order valence-corrected chi connectivity index (χ4v) is 2.52. The lowest BCUT2D eigenvalue weighted by molar-refractivity contribution is 0.471. The van der Waals surface area contributed by atoms with Gasteiger partial charge < -0.3 is 10.4 Å². The van der Waals surface area contributed by atoms with Crippen molar-refractivity contribution in [3.05, 3.63) is 44.3 Å². The highest BCUT2D eigenvalue weighted by Crippen LogP contribution is 2.24. The lowest BCUT2D eigenvalue weighted by Crippen LogP contribution is -2.12. The molecule has 5 heteroatoms. The van der Waals surface area contributed by atoms with Crippen LogP contribution in [0.25, 0.3) is 0 Å². The van der Waals surface area contributed by atoms with Gasteiger partial charge in [-0.2, -0.15) is 0 Å². The van der Waals surface area contributed by atoms with E-state index in [1.54, 1.807) is 17.4 Å². The van der Waals surface area contributed by atoms with Gasteiger partial charge in [-0.3, -0.25) is 0 Å². The van der Waals surface area contributed by atoms with Crippen LogP contribution in [0.3, 0.4) is 0 Å². The van der Waals surface area contributed by atoms with E-state index in [0.717, 1.165) is 33.8 Å². The van der Waals surface area contributed by atoms with Gasteiger partial charge in [0.1, 0.15) is 5.75 Å². The molecule has 0 fully saturated rings. The average Bonchev–Trinajstić information content (AvgIpc) is 2.70. The SMILES string of the molecule is Cc1nc(CNCc2ccc(O)c(Br)c2)cs1. The van der Waals surface area contributed by atoms with E-state index >= 15 is 0 Å². The monoisotopic (exact) mass is 312 g/mol. The molecule has 0 atom stereocenters. The number of thiazole rings is 1. The Morgan fingerprint density at radius 2 is 2.24 bits per heavy atom. The van der Waals surface area contributed by atoms with Crippen molar-refractivity contribution in [1.82, 2.24) is 10.3 Å². The van der Waals surface area contributed by atoms with Crippen LogP contribution in [0.15, 0.2) is 28.1 Å². The van der Waals surface area contributed by atoms with E-state index in [9.17, 15) is 5.11 Å². The minimum Gasteiger partial charge on any atom is -0.507 e. The Labute approximate surface area is 113 Å². The van der Waals surface area contributed by atoms with Crippen LogP contribution in [0.1, 0.15) is 16.3 Å². The van der Waals surface area contributed by atoms with Crippen LogP contribution >= 0.6 is 27.3 Å². The smallest absolute Gasteiger partial charge is 0.129 e. The molecule has 2 rings (SSSR count). The molecule has 1 aromatic heterocycles. The van der Waals surface area contributed by atoms with Crippen LogP contribution in [-0.4, -0.2) is 10.1 Å². The Balaban J connectivity index is 1.87. The van der Waals surface area contributed by atoms with Crippen molar-refractivity contribution in [3.63, 3.8) is 0 Å². The van der Waals surface area contributed by atoms with Crippen molar-refractivity contribution in [1.29, 1.82) is 0 Å². The summed E-state index contributed by atoms with van der Waals surface area (Å²) in [6.07, 6.45) is 0. The molecule has 0 aliphatic rings. The number of hydrogen-bond acceptors (Lipinski definition) is 4. The van der Waals surface area contributed by atoms with Crippen molar-refractivity contribution < 1.29 is 5.11 Å². The highest BCUT2D eigenvalue weighted by Gasteiger charge is 2.01. The number of halogens is 1. The molecule has 0 amide bonds. The van der Waals surface area contributed by atoms with Crippen LogP contribution in [0.5, 0.6) is 5.75 Å². The Morgan fingerprint density at radius 3 is 2.88 bits per heavy atom. The number of hydrogen-bond donors (Lipinski definition) is 2. The first-order valence-electron chi connectivity index (χ1n) is 5.24. The molecule has 90 valence electrons. The summed E-state index contributed by atoms with van der Waals surface area (Å²) in [6, 6.07) is 5.50. The highest BCUT2D eigenvalue weighted by atomic mass is 79.9. The number of phenolic OH excluding ortho intramolecular Hbond substituents is 1. The Kier molecular flexibility index (Phi) is 4.15. The normalized spacial score (nSPS) is 10.7. The van der Waals surface area contributed by atoms with Gasteiger partial charge in [-0.1, -0.05) is 6.07 Å². The second-order valence-electron chi connectivity index (χ2n) is 3.75. The molecule has 1 heterocycles. The molecule has 0 saturated carbocycles. The van der Waals surface area contributed by atoms with Crippen LogP contribution in [-0.2, 0) is 13.1 Å². The van der Waals surface area contributed by atoms with Crippen molar-refractivity contribution >= 4 is 27.3 Å². The lowest BCUT2D eigenvalue weighted by Gasteiger charge is -2.04. The van der Waals surface area contributed by atoms with Gasteiger partial charge in [0.15, 0.2) is 0 Å². The number of phenols is 1. The van der Waals surface area contributed by atoms with Gasteiger partial charge in [0.2, 0.25) is 0 Å². The van der Waals surface area contributed by atoms with E-state index in [0.29, 0.717) is 0 Å². The molecule has 1 aromatic carbocycles. The lowest BCUT2D eigenvalue weighted by atomic mass is 10.2. The molecule has 17 heavy (non-hydrogen) atoms. The van der Waals surface area contributed by atoms with Gasteiger partial charge in [0, 0.05) is 18.5 Å². The molecule has 0 aliphatic carbocycles. The second kappa shape index (κ2) is 5.62. The van der Waals surface area contributed by atoms with Crippen molar-refractivity contribution in [2.45, 2.75) is 20.0 Å². The minimum atomic E-state index is 0.267. The molecule has 2 aromatic rings. The average molecular weight is 313 g/mol. The molecule has 0 spiro atoms. The standard InChI is InChI=1S/C12H13BrN2OS/c1-8-15-10(7-17-8)6-14-5-9-2-3-12(16)11(13)4-9/h2-4,7,14,16H,5-6H2,1H3. The van der Waals surface area contributed by atoms with Gasteiger partial charge in [-0.05, 0) is 40.5 Å². The molecular weight excluding hydrogens is 300 g/mol. The van der Waals surface area contributed by atoms with Crippen molar-refractivity contribution in [2.75, 3.05) is 0 Å². The summed E-state index contributed by atoms with van der Waals surface area (Å²) in [5.74, 6) is 0.267. The van der Waals surface area contributed by atoms with Gasteiger partial charge in [-0.25, -0.2) is 4.98 Å². The summed E-state index contributed by atoms with van der Waals surface area (Å²) in [5.41, 5.74) is 2.20. The fourth-order valence-electron chi connectivity index (χ4n) is 1.48. The Bertz CT molecular complexity index is 513. The molecule has 0 radical (unpaired) electrons. The number of aromatic nitrogens is 1. The Hall–Kier alpha value is -0.910. The zero-order valence-corrected chi connectivity index (χ0v) is 11.8. The highest BCUT2D eigenvalue weighted by molar-refractivity contribution is 9.10. The largest absolute Gasteiger partial charge is 0.507 e. The molecule has 0 unspecified atom stereocenters. The summed E-state index contributed by atoms with van der Waals surface area (Å²) < 4.78 is 0.723. The first-order valence-corrected chi connectivity index (χ1v) is 6.91. The third kappa shape index (κ3) is 3.52. The summed E-state index contributed by atoms with van der Waals surface area (Å²) >= 11 is 4.96. The minimum absolute atomic E-state index is 0.267. The molecule has 0 saturated heterocycles. The summed E-state index contributed by atoms with van der Waals surface area (Å²) in [7, 11) is 0. The summed E-state index contributed by atoms with van der Waals surface area (Å²) in [5, 5.41) is 15.9. The van der Waals surface area contributed by atoms with E-state index in [4.69, 9.17) is 0 Å². The van der Waals surface area contributed by atoms with Gasteiger partial charge >= 0.3 is 0 Å². The van der Waals surface area contributed by atoms with E-state index in [1.807, 2.05) is 19.1 Å². The molecule has 0 bridgehead atoms. The van der Waals surface area contributed by atoms with Gasteiger partial charge in [-0.15, -0.1) is 11.3 Å². The van der Waals surface area contributed by atoms with Crippen LogP contribution in [0.2, 0.25) is 0 Å². The first kappa shape index (κ1) is 12.5. The zero-order valence-electron chi connectivity index (χ0n) is 9.40. The zero-order chi connectivity index (χ0) is 12.3. The first-order chi connectivity index (χ1) is 8.15. The fraction of sp³-hybridized carbons (Fsp3) is 0.250. The van der Waals surface area contributed by atoms with Crippen LogP contribution in [0, 0.1) is 6.92 Å². The predicted molar refractivity (Wildman–Crippen MR) is 73.2 cm³/mol. The molecule has 0 aliphatic heterocycles. The number of aromatic hydroxyl groups is 1. The van der Waals surface area contributed by atoms with E-state index in [1.165, 1.54) is 0 Å². The van der Waals surface area contributed by atoms with Crippen LogP contribution < -0.4 is 5.32 Å².